The largest absolute Gasteiger partial charge is 0.394 e. The molecule has 0 amide bonds. The minimum absolute atomic E-state index is 0.338. The summed E-state index contributed by atoms with van der Waals surface area (Å²) in [6.45, 7) is -0.535. The van der Waals surface area contributed by atoms with Gasteiger partial charge in [-0.2, -0.15) is 0 Å². The Bertz CT molecular complexity index is 682. The lowest BCUT2D eigenvalue weighted by Crippen LogP contribution is -2.55. The maximum Gasteiger partial charge on any atom is 0.183 e. The first kappa shape index (κ1) is 16.0. The summed E-state index contributed by atoms with van der Waals surface area (Å²) in [5.74, 6) is -0.432. The molecule has 5 atom stereocenters. The molecule has 4 N–H and O–H groups in total. The molecule has 0 spiro atoms. The number of benzene rings is 1. The summed E-state index contributed by atoms with van der Waals surface area (Å²) in [6, 6.07) is 4.66. The van der Waals surface area contributed by atoms with Gasteiger partial charge in [-0.05, 0) is 12.1 Å². The van der Waals surface area contributed by atoms with Gasteiger partial charge >= 0.3 is 0 Å². The summed E-state index contributed by atoms with van der Waals surface area (Å²) < 4.78 is 19.4. The molecule has 1 aromatic carbocycles. The fraction of sp³-hybridized carbons (Fsp3) is 0.429. The molecule has 1 aliphatic rings. The van der Waals surface area contributed by atoms with Crippen LogP contribution in [0, 0.1) is 5.82 Å². The summed E-state index contributed by atoms with van der Waals surface area (Å²) in [6.07, 6.45) is -4.00. The van der Waals surface area contributed by atoms with Crippen molar-refractivity contribution in [2.45, 2.75) is 30.6 Å². The lowest BCUT2D eigenvalue weighted by Gasteiger charge is -2.39. The Morgan fingerprint density at radius 2 is 2.00 bits per heavy atom. The van der Waals surface area contributed by atoms with Gasteiger partial charge in [0.15, 0.2) is 6.29 Å². The van der Waals surface area contributed by atoms with Crippen molar-refractivity contribution >= 4 is 0 Å². The van der Waals surface area contributed by atoms with Crippen molar-refractivity contribution in [1.29, 1.82) is 0 Å². The van der Waals surface area contributed by atoms with E-state index >= 15 is 0 Å². The topological polar surface area (TPSA) is 121 Å². The second-order valence-corrected chi connectivity index (χ2v) is 5.31. The molecule has 0 saturated carbocycles. The Morgan fingerprint density at radius 3 is 2.70 bits per heavy atom. The first-order valence-electron chi connectivity index (χ1n) is 6.99. The smallest absolute Gasteiger partial charge is 0.183 e. The van der Waals surface area contributed by atoms with Gasteiger partial charge in [0.05, 0.1) is 12.8 Å². The highest BCUT2D eigenvalue weighted by Gasteiger charge is 2.45. The van der Waals surface area contributed by atoms with Gasteiger partial charge in [0.2, 0.25) is 0 Å². The lowest BCUT2D eigenvalue weighted by molar-refractivity contribution is -0.270. The molecular weight excluding hydrogens is 309 g/mol. The van der Waals surface area contributed by atoms with E-state index in [-0.39, 0.29) is 0 Å². The summed E-state index contributed by atoms with van der Waals surface area (Å²) >= 11 is 0. The normalized spacial score (nSPS) is 31.3. The zero-order valence-electron chi connectivity index (χ0n) is 11.9. The average molecular weight is 325 g/mol. The SMILES string of the molecule is OC[C@H]1O[C@@H](O)[C@H](O)[C@@H](n2cc(-c3cccc(F)c3)nn2)[C@H]1O. The molecule has 0 radical (unpaired) electrons. The van der Waals surface area contributed by atoms with Crippen LogP contribution in [0.3, 0.4) is 0 Å². The monoisotopic (exact) mass is 325 g/mol. The number of aliphatic hydroxyl groups excluding tert-OH is 4. The van der Waals surface area contributed by atoms with E-state index in [2.05, 4.69) is 10.3 Å². The molecule has 1 aromatic heterocycles. The highest BCUT2D eigenvalue weighted by atomic mass is 19.1. The van der Waals surface area contributed by atoms with Gasteiger partial charge in [-0.25, -0.2) is 9.07 Å². The molecule has 2 aromatic rings. The molecule has 0 bridgehead atoms. The van der Waals surface area contributed by atoms with E-state index in [0.29, 0.717) is 11.3 Å². The predicted molar refractivity (Wildman–Crippen MR) is 74.4 cm³/mol. The molecule has 2 heterocycles. The van der Waals surface area contributed by atoms with Crippen molar-refractivity contribution in [2.75, 3.05) is 6.61 Å². The van der Waals surface area contributed by atoms with E-state index in [9.17, 15) is 24.8 Å². The third kappa shape index (κ3) is 2.96. The maximum atomic E-state index is 13.3. The molecule has 1 saturated heterocycles. The Balaban J connectivity index is 1.92. The highest BCUT2D eigenvalue weighted by Crippen LogP contribution is 2.29. The van der Waals surface area contributed by atoms with E-state index in [1.807, 2.05) is 0 Å². The molecule has 0 unspecified atom stereocenters. The van der Waals surface area contributed by atoms with Crippen LogP contribution >= 0.6 is 0 Å². The summed E-state index contributed by atoms with van der Waals surface area (Å²) in [7, 11) is 0. The summed E-state index contributed by atoms with van der Waals surface area (Å²) in [5, 5.41) is 46.8. The van der Waals surface area contributed by atoms with Crippen molar-refractivity contribution in [3.63, 3.8) is 0 Å². The number of aromatic nitrogens is 3. The first-order valence-corrected chi connectivity index (χ1v) is 6.99. The molecule has 8 nitrogen and oxygen atoms in total. The van der Waals surface area contributed by atoms with Crippen LogP contribution in [0.25, 0.3) is 11.3 Å². The molecule has 23 heavy (non-hydrogen) atoms. The quantitative estimate of drug-likeness (QED) is 0.574. The van der Waals surface area contributed by atoms with Crippen molar-refractivity contribution in [3.8, 4) is 11.3 Å². The Kier molecular flexibility index (Phi) is 4.37. The lowest BCUT2D eigenvalue weighted by atomic mass is 9.96. The molecule has 3 rings (SSSR count). The van der Waals surface area contributed by atoms with Crippen LogP contribution in [0.5, 0.6) is 0 Å². The molecule has 124 valence electrons. The molecule has 9 heteroatoms. The van der Waals surface area contributed by atoms with E-state index in [0.717, 1.165) is 0 Å². The minimum Gasteiger partial charge on any atom is -0.394 e. The van der Waals surface area contributed by atoms with Gasteiger partial charge in [-0.1, -0.05) is 17.3 Å². The van der Waals surface area contributed by atoms with Crippen LogP contribution in [-0.2, 0) is 4.74 Å². The minimum atomic E-state index is -1.58. The van der Waals surface area contributed by atoms with E-state index < -0.39 is 43.1 Å². The Hall–Kier alpha value is -1.91. The van der Waals surface area contributed by atoms with Crippen LogP contribution in [0.1, 0.15) is 6.04 Å². The third-order valence-electron chi connectivity index (χ3n) is 3.80. The summed E-state index contributed by atoms with van der Waals surface area (Å²) in [4.78, 5) is 0. The van der Waals surface area contributed by atoms with E-state index in [1.54, 1.807) is 6.07 Å². The highest BCUT2D eigenvalue weighted by molar-refractivity contribution is 5.57. The van der Waals surface area contributed by atoms with Gasteiger partial charge in [0, 0.05) is 5.56 Å². The van der Waals surface area contributed by atoms with Crippen molar-refractivity contribution < 1.29 is 29.6 Å². The van der Waals surface area contributed by atoms with Gasteiger partial charge in [-0.15, -0.1) is 5.10 Å². The Labute approximate surface area is 130 Å². The summed E-state index contributed by atoms with van der Waals surface area (Å²) in [5.41, 5.74) is 0.817. The number of hydrogen-bond donors (Lipinski definition) is 4. The standard InChI is InChI=1S/C14H16FN3O5/c15-8-3-1-2-7(4-8)9-5-18(17-16-9)11-12(20)10(6-19)23-14(22)13(11)21/h1-5,10-14,19-22H,6H2/t10-,11+,12+,13-,14-/m1/s1. The fourth-order valence-electron chi connectivity index (χ4n) is 2.60. The average Bonchev–Trinajstić information content (AvgIpc) is 3.01. The van der Waals surface area contributed by atoms with E-state index in [1.165, 1.54) is 29.1 Å². The van der Waals surface area contributed by atoms with Gasteiger partial charge in [0.25, 0.3) is 0 Å². The number of rotatable bonds is 3. The Morgan fingerprint density at radius 1 is 1.22 bits per heavy atom. The predicted octanol–water partition coefficient (Wildman–Crippen LogP) is -0.943. The zero-order valence-corrected chi connectivity index (χ0v) is 11.9. The third-order valence-corrected chi connectivity index (χ3v) is 3.80. The molecule has 0 aliphatic carbocycles. The van der Waals surface area contributed by atoms with E-state index in [4.69, 9.17) is 4.74 Å². The molecular formula is C14H16FN3O5. The number of ether oxygens (including phenoxy) is 1. The van der Waals surface area contributed by atoms with Crippen molar-refractivity contribution in [3.05, 3.63) is 36.3 Å². The molecule has 1 aliphatic heterocycles. The van der Waals surface area contributed by atoms with Crippen LogP contribution in [0.2, 0.25) is 0 Å². The maximum absolute atomic E-state index is 13.3. The van der Waals surface area contributed by atoms with Crippen molar-refractivity contribution in [2.24, 2.45) is 0 Å². The van der Waals surface area contributed by atoms with Crippen LogP contribution in [0.4, 0.5) is 4.39 Å². The number of aliphatic hydroxyl groups is 4. The van der Waals surface area contributed by atoms with Crippen LogP contribution < -0.4 is 0 Å². The number of nitrogens with zero attached hydrogens (tertiary/aromatic N) is 3. The van der Waals surface area contributed by atoms with Gasteiger partial charge in [-0.3, -0.25) is 0 Å². The van der Waals surface area contributed by atoms with Crippen LogP contribution in [-0.4, -0.2) is 66.6 Å². The first-order chi connectivity index (χ1) is 11.0. The zero-order chi connectivity index (χ0) is 16.6. The fourth-order valence-corrected chi connectivity index (χ4v) is 2.60. The van der Waals surface area contributed by atoms with Gasteiger partial charge < -0.3 is 25.2 Å². The molecule has 1 fully saturated rings. The number of hydrogen-bond acceptors (Lipinski definition) is 7. The van der Waals surface area contributed by atoms with Gasteiger partial charge in [0.1, 0.15) is 35.9 Å². The number of halogens is 1. The second kappa shape index (κ2) is 6.30. The van der Waals surface area contributed by atoms with Crippen LogP contribution in [0.15, 0.2) is 30.5 Å². The second-order valence-electron chi connectivity index (χ2n) is 5.31. The van der Waals surface area contributed by atoms with Crippen molar-refractivity contribution in [1.82, 2.24) is 15.0 Å².